The number of hydrogen-bond acceptors (Lipinski definition) is 13. The van der Waals surface area contributed by atoms with Crippen molar-refractivity contribution >= 4 is 29.2 Å². The van der Waals surface area contributed by atoms with E-state index < -0.39 is 83.9 Å². The molecule has 0 radical (unpaired) electrons. The number of methoxy groups -OCH3 is 3. The molecule has 4 aliphatic rings. The van der Waals surface area contributed by atoms with Gasteiger partial charge in [0, 0.05) is 58.5 Å². The summed E-state index contributed by atoms with van der Waals surface area (Å²) in [5.74, 6) is -7.96. The molecule has 2 saturated heterocycles. The van der Waals surface area contributed by atoms with E-state index in [0.717, 1.165) is 12.0 Å². The number of hydrogen-bond donors (Lipinski definition) is 3. The highest BCUT2D eigenvalue weighted by Crippen LogP contribution is 2.38. The fraction of sp³-hybridized carbons (Fsp3) is 0.745. The quantitative estimate of drug-likeness (QED) is 0.156. The molecule has 0 aromatic carbocycles. The SMILES string of the molecule is COC1C[C@@H]2CC[C@@H](C)[C@@](O)(O2)C(=O)C(=O)N2CCCC[C@H]2C(=O)O[C@H]([C@H](C)C[C@@H]2CC[C@@H](O)[C@H](OC)C2)CC(=O)[C@H](C)/C=C(\C)[C@H](O)C(OC)C(=O)[C@H](C)C[C@H](C)/C=C/C=C/C=C/1C. The Bertz CT molecular complexity index is 1760. The second-order valence-electron chi connectivity index (χ2n) is 19.6. The molecule has 2 bridgehead atoms. The first-order valence-corrected chi connectivity index (χ1v) is 23.9. The number of cyclic esters (lactones) is 1. The van der Waals surface area contributed by atoms with Gasteiger partial charge in [-0.25, -0.2) is 4.79 Å². The van der Waals surface area contributed by atoms with E-state index in [1.807, 2.05) is 58.1 Å². The summed E-state index contributed by atoms with van der Waals surface area (Å²) < 4.78 is 29.4. The summed E-state index contributed by atoms with van der Waals surface area (Å²) in [5, 5.41) is 33.8. The van der Waals surface area contributed by atoms with Gasteiger partial charge in [-0.15, -0.1) is 0 Å². The molecule has 15 atom stereocenters. The topological polar surface area (TPSA) is 195 Å². The largest absolute Gasteiger partial charge is 0.460 e. The van der Waals surface area contributed by atoms with Crippen LogP contribution in [0.15, 0.2) is 47.6 Å². The van der Waals surface area contributed by atoms with E-state index in [9.17, 15) is 39.3 Å². The normalized spacial score (nSPS) is 40.4. The second kappa shape index (κ2) is 25.1. The number of carbonyl (C=O) groups is 5. The molecule has 2 unspecified atom stereocenters. The standard InChI is InChI=1S/C51H79NO13/c1-30-16-12-11-13-17-31(2)42(61-8)28-38-21-19-36(7)51(60,65-38)48(57)49(58)52-23-15-14-18-39(52)50(59)64-43(33(4)26-37-20-22-40(53)44(27-37)62-9)29-41(54)32(3)25-35(6)46(56)47(63-10)45(55)34(5)24-30/h11-13,16-17,25,30,32-34,36-40,42-44,46-47,53,56,60H,14-15,18-24,26-29H2,1-10H3/b13-11+,16-12+,31-17+,35-25+/t30-,32-,33-,34-,36-,37+,38+,39+,40-,42?,43+,44-,46+,47?,51-/m1/s1. The summed E-state index contributed by atoms with van der Waals surface area (Å²) >= 11 is 0. The van der Waals surface area contributed by atoms with Crippen molar-refractivity contribution < 1.29 is 63.0 Å². The van der Waals surface area contributed by atoms with Crippen LogP contribution in [0.4, 0.5) is 0 Å². The van der Waals surface area contributed by atoms with Crippen LogP contribution in [0.3, 0.4) is 0 Å². The summed E-state index contributed by atoms with van der Waals surface area (Å²) in [6.07, 6.45) is 11.2. The minimum absolute atomic E-state index is 0.0193. The summed E-state index contributed by atoms with van der Waals surface area (Å²) in [6, 6.07) is -1.14. The molecule has 3 aliphatic heterocycles. The molecule has 1 saturated carbocycles. The molecule has 0 aromatic rings. The number of aliphatic hydroxyl groups excluding tert-OH is 2. The third kappa shape index (κ3) is 14.3. The van der Waals surface area contributed by atoms with Crippen molar-refractivity contribution in [1.82, 2.24) is 4.90 Å². The number of aliphatic hydroxyl groups is 3. The van der Waals surface area contributed by atoms with Crippen molar-refractivity contribution in [3.05, 3.63) is 47.6 Å². The number of esters is 1. The van der Waals surface area contributed by atoms with Crippen LogP contribution in [0, 0.1) is 35.5 Å². The van der Waals surface area contributed by atoms with E-state index in [1.165, 1.54) is 12.0 Å². The van der Waals surface area contributed by atoms with E-state index in [0.29, 0.717) is 63.4 Å². The Hall–Kier alpha value is -3.37. The van der Waals surface area contributed by atoms with Gasteiger partial charge >= 0.3 is 5.97 Å². The van der Waals surface area contributed by atoms with Gasteiger partial charge in [-0.1, -0.05) is 71.1 Å². The maximum absolute atomic E-state index is 14.4. The summed E-state index contributed by atoms with van der Waals surface area (Å²) in [4.78, 5) is 71.8. The van der Waals surface area contributed by atoms with Crippen molar-refractivity contribution in [1.29, 1.82) is 0 Å². The number of nitrogens with zero attached hydrogens (tertiary/aromatic N) is 1. The van der Waals surface area contributed by atoms with Crippen molar-refractivity contribution in [3.8, 4) is 0 Å². The van der Waals surface area contributed by atoms with Crippen LogP contribution in [-0.4, -0.2) is 132 Å². The molecule has 1 amide bonds. The van der Waals surface area contributed by atoms with Crippen LogP contribution in [0.1, 0.15) is 126 Å². The van der Waals surface area contributed by atoms with E-state index >= 15 is 0 Å². The van der Waals surface area contributed by atoms with Crippen molar-refractivity contribution in [2.24, 2.45) is 35.5 Å². The van der Waals surface area contributed by atoms with Crippen LogP contribution < -0.4 is 0 Å². The molecule has 366 valence electrons. The lowest BCUT2D eigenvalue weighted by atomic mass is 9.78. The number of carbonyl (C=O) groups excluding carboxylic acids is 5. The maximum atomic E-state index is 14.4. The van der Waals surface area contributed by atoms with Crippen LogP contribution >= 0.6 is 0 Å². The Balaban J connectivity index is 1.70. The van der Waals surface area contributed by atoms with E-state index in [2.05, 4.69) is 0 Å². The highest BCUT2D eigenvalue weighted by Gasteiger charge is 2.53. The molecule has 0 spiro atoms. The number of ketones is 3. The fourth-order valence-electron chi connectivity index (χ4n) is 10.1. The van der Waals surface area contributed by atoms with Gasteiger partial charge in [0.05, 0.1) is 24.4 Å². The summed E-state index contributed by atoms with van der Waals surface area (Å²) in [5.41, 5.74) is 1.27. The van der Waals surface area contributed by atoms with Crippen LogP contribution in [0.5, 0.6) is 0 Å². The van der Waals surface area contributed by atoms with E-state index in [-0.39, 0.29) is 54.8 Å². The van der Waals surface area contributed by atoms with Crippen molar-refractivity contribution in [2.75, 3.05) is 27.9 Å². The second-order valence-corrected chi connectivity index (χ2v) is 19.6. The number of fused-ring (bicyclic) bond motifs is 3. The molecule has 4 rings (SSSR count). The van der Waals surface area contributed by atoms with Gasteiger partial charge in [0.15, 0.2) is 5.78 Å². The van der Waals surface area contributed by atoms with E-state index in [4.69, 9.17) is 23.7 Å². The van der Waals surface area contributed by atoms with Crippen molar-refractivity contribution in [3.63, 3.8) is 0 Å². The molecule has 65 heavy (non-hydrogen) atoms. The first-order chi connectivity index (χ1) is 30.7. The molecule has 3 fully saturated rings. The zero-order chi connectivity index (χ0) is 48.2. The molecule has 0 aromatic heterocycles. The fourth-order valence-corrected chi connectivity index (χ4v) is 10.1. The predicted molar refractivity (Wildman–Crippen MR) is 245 cm³/mol. The predicted octanol–water partition coefficient (Wildman–Crippen LogP) is 6.18. The highest BCUT2D eigenvalue weighted by molar-refractivity contribution is 6.39. The molecular formula is C51H79NO13. The zero-order valence-corrected chi connectivity index (χ0v) is 40.6. The Kier molecular flexibility index (Phi) is 21.0. The Morgan fingerprint density at radius 3 is 2.25 bits per heavy atom. The van der Waals surface area contributed by atoms with Gasteiger partial charge in [0.25, 0.3) is 11.7 Å². The van der Waals surface area contributed by atoms with Crippen LogP contribution in [0.2, 0.25) is 0 Å². The third-order valence-electron chi connectivity index (χ3n) is 14.5. The van der Waals surface area contributed by atoms with Gasteiger partial charge in [-0.3, -0.25) is 19.2 Å². The molecule has 3 heterocycles. The van der Waals surface area contributed by atoms with E-state index in [1.54, 1.807) is 41.1 Å². The molecule has 3 N–H and O–H groups in total. The monoisotopic (exact) mass is 914 g/mol. The average Bonchev–Trinajstić information content (AvgIpc) is 3.28. The number of Topliss-reactive ketones (excluding diaryl/α,β-unsaturated/α-hetero) is 3. The first-order valence-electron chi connectivity index (χ1n) is 23.9. The number of amides is 1. The van der Waals surface area contributed by atoms with Crippen molar-refractivity contribution in [2.45, 2.75) is 180 Å². The molecule has 14 nitrogen and oxygen atoms in total. The van der Waals surface area contributed by atoms with Gasteiger partial charge in [0.1, 0.15) is 30.1 Å². The Labute approximate surface area is 387 Å². The van der Waals surface area contributed by atoms with Gasteiger partial charge in [0.2, 0.25) is 5.79 Å². The van der Waals surface area contributed by atoms with Crippen LogP contribution in [0.25, 0.3) is 0 Å². The number of allylic oxidation sites excluding steroid dienone is 6. The lowest BCUT2D eigenvalue weighted by Crippen LogP contribution is -2.61. The smallest absolute Gasteiger partial charge is 0.329 e. The van der Waals surface area contributed by atoms with Gasteiger partial charge in [-0.05, 0) is 107 Å². The summed E-state index contributed by atoms with van der Waals surface area (Å²) in [6.45, 7) is 12.7. The lowest BCUT2D eigenvalue weighted by Gasteiger charge is -2.42. The summed E-state index contributed by atoms with van der Waals surface area (Å²) in [7, 11) is 4.52. The van der Waals surface area contributed by atoms with Gasteiger partial charge in [-0.2, -0.15) is 0 Å². The first kappa shape index (κ1) is 54.2. The minimum Gasteiger partial charge on any atom is -0.460 e. The zero-order valence-electron chi connectivity index (χ0n) is 40.6. The number of rotatable bonds is 6. The Morgan fingerprint density at radius 2 is 1.57 bits per heavy atom. The maximum Gasteiger partial charge on any atom is 0.329 e. The molecule has 14 heteroatoms. The minimum atomic E-state index is -2.43. The third-order valence-corrected chi connectivity index (χ3v) is 14.5. The average molecular weight is 914 g/mol. The highest BCUT2D eigenvalue weighted by atomic mass is 16.6. The molecule has 1 aliphatic carbocycles. The van der Waals surface area contributed by atoms with Gasteiger partial charge < -0.3 is 43.9 Å². The molecular weight excluding hydrogens is 835 g/mol. The Morgan fingerprint density at radius 1 is 0.846 bits per heavy atom. The number of ether oxygens (including phenoxy) is 5. The lowest BCUT2D eigenvalue weighted by molar-refractivity contribution is -0.265. The van der Waals surface area contributed by atoms with Crippen LogP contribution in [-0.2, 0) is 47.7 Å². The number of piperidine rings is 1.